The van der Waals surface area contributed by atoms with E-state index in [4.69, 9.17) is 11.6 Å². The number of rotatable bonds is 4. The quantitative estimate of drug-likeness (QED) is 0.793. The summed E-state index contributed by atoms with van der Waals surface area (Å²) in [5.74, 6) is 0.0635. The van der Waals surface area contributed by atoms with Gasteiger partial charge in [0.05, 0.1) is 26.2 Å². The number of amides is 1. The van der Waals surface area contributed by atoms with Crippen molar-refractivity contribution in [1.82, 2.24) is 0 Å². The molecule has 0 spiro atoms. The number of carbonyl (C=O) groups is 1. The minimum atomic E-state index is -0.0786. The molecule has 1 heterocycles. The van der Waals surface area contributed by atoms with Gasteiger partial charge in [0, 0.05) is 20.9 Å². The lowest BCUT2D eigenvalue weighted by molar-refractivity contribution is -0.914. The van der Waals surface area contributed by atoms with E-state index in [9.17, 15) is 4.79 Å². The fourth-order valence-electron chi connectivity index (χ4n) is 3.13. The van der Waals surface area contributed by atoms with Crippen LogP contribution in [0, 0.1) is 0 Å². The molecule has 132 valence electrons. The van der Waals surface area contributed by atoms with E-state index >= 15 is 0 Å². The first-order valence-corrected chi connectivity index (χ1v) is 9.61. The van der Waals surface area contributed by atoms with Gasteiger partial charge in [-0.25, -0.2) is 0 Å². The standard InChI is InChI=1S/C19H21BrClN3O/c1-14(19(25)22-17-7-5-15(20)6-8-17)23-9-11-24(12-10-23)18-4-2-3-16(21)13-18/h2-8,13-14H,9-12H2,1H3,(H,22,25)/p+1/t14-/m0/s1. The maximum Gasteiger partial charge on any atom is 0.282 e. The van der Waals surface area contributed by atoms with Crippen LogP contribution in [0.5, 0.6) is 0 Å². The van der Waals surface area contributed by atoms with Crippen molar-refractivity contribution < 1.29 is 9.69 Å². The van der Waals surface area contributed by atoms with Gasteiger partial charge in [0.25, 0.3) is 5.91 Å². The molecule has 4 nitrogen and oxygen atoms in total. The Labute approximate surface area is 161 Å². The minimum Gasteiger partial charge on any atom is -0.360 e. The number of nitrogens with zero attached hydrogens (tertiary/aromatic N) is 1. The normalized spacial score (nSPS) is 16.5. The van der Waals surface area contributed by atoms with Crippen molar-refractivity contribution in [1.29, 1.82) is 0 Å². The Morgan fingerprint density at radius 1 is 1.20 bits per heavy atom. The molecule has 2 aromatic rings. The summed E-state index contributed by atoms with van der Waals surface area (Å²) in [5, 5.41) is 3.76. The van der Waals surface area contributed by atoms with Gasteiger partial charge < -0.3 is 15.1 Å². The molecular weight excluding hydrogens is 402 g/mol. The summed E-state index contributed by atoms with van der Waals surface area (Å²) < 4.78 is 1.00. The highest BCUT2D eigenvalue weighted by Crippen LogP contribution is 2.19. The van der Waals surface area contributed by atoms with Crippen LogP contribution in [-0.4, -0.2) is 38.1 Å². The van der Waals surface area contributed by atoms with Crippen LogP contribution in [0.2, 0.25) is 5.02 Å². The van der Waals surface area contributed by atoms with Gasteiger partial charge in [-0.1, -0.05) is 33.6 Å². The molecule has 1 aliphatic heterocycles. The Hall–Kier alpha value is -1.56. The molecule has 0 aromatic heterocycles. The van der Waals surface area contributed by atoms with E-state index in [0.717, 1.165) is 47.0 Å². The molecule has 1 amide bonds. The fraction of sp³-hybridized carbons (Fsp3) is 0.316. The van der Waals surface area contributed by atoms with E-state index in [0.29, 0.717) is 0 Å². The average molecular weight is 424 g/mol. The second kappa shape index (κ2) is 8.21. The Morgan fingerprint density at radius 2 is 1.88 bits per heavy atom. The average Bonchev–Trinajstić information content (AvgIpc) is 2.63. The molecule has 0 bridgehead atoms. The van der Waals surface area contributed by atoms with Gasteiger partial charge in [-0.2, -0.15) is 0 Å². The monoisotopic (exact) mass is 422 g/mol. The van der Waals surface area contributed by atoms with E-state index < -0.39 is 0 Å². The van der Waals surface area contributed by atoms with Crippen molar-refractivity contribution in [3.8, 4) is 0 Å². The molecule has 0 unspecified atom stereocenters. The third-order valence-electron chi connectivity index (χ3n) is 4.70. The van der Waals surface area contributed by atoms with Crippen LogP contribution in [0.3, 0.4) is 0 Å². The van der Waals surface area contributed by atoms with Gasteiger partial charge in [-0.3, -0.25) is 4.79 Å². The molecule has 25 heavy (non-hydrogen) atoms. The number of hydrogen-bond acceptors (Lipinski definition) is 2. The third kappa shape index (κ3) is 4.75. The molecule has 1 aliphatic rings. The highest BCUT2D eigenvalue weighted by atomic mass is 79.9. The third-order valence-corrected chi connectivity index (χ3v) is 5.46. The molecule has 6 heteroatoms. The lowest BCUT2D eigenvalue weighted by atomic mass is 10.2. The fourth-order valence-corrected chi connectivity index (χ4v) is 3.58. The molecule has 0 radical (unpaired) electrons. The van der Waals surface area contributed by atoms with Crippen LogP contribution in [0.15, 0.2) is 53.0 Å². The number of halogens is 2. The molecule has 1 atom stereocenters. The van der Waals surface area contributed by atoms with Crippen LogP contribution < -0.4 is 15.1 Å². The van der Waals surface area contributed by atoms with E-state index in [1.54, 1.807) is 0 Å². The van der Waals surface area contributed by atoms with Crippen molar-refractivity contribution in [2.75, 3.05) is 36.4 Å². The molecule has 1 fully saturated rings. The zero-order chi connectivity index (χ0) is 17.8. The number of benzene rings is 2. The second-order valence-electron chi connectivity index (χ2n) is 6.34. The SMILES string of the molecule is C[C@@H](C(=O)Nc1ccc(Br)cc1)[NH+]1CCN(c2cccc(Cl)c2)CC1. The van der Waals surface area contributed by atoms with Gasteiger partial charge in [-0.05, 0) is 49.4 Å². The summed E-state index contributed by atoms with van der Waals surface area (Å²) in [6.45, 7) is 5.71. The Bertz CT molecular complexity index is 730. The summed E-state index contributed by atoms with van der Waals surface area (Å²) in [7, 11) is 0. The van der Waals surface area contributed by atoms with Gasteiger partial charge in [0.15, 0.2) is 6.04 Å². The second-order valence-corrected chi connectivity index (χ2v) is 7.70. The Balaban J connectivity index is 1.54. The number of nitrogens with one attached hydrogen (secondary N) is 2. The molecule has 0 aliphatic carbocycles. The summed E-state index contributed by atoms with van der Waals surface area (Å²) >= 11 is 9.49. The first-order chi connectivity index (χ1) is 12.0. The predicted octanol–water partition coefficient (Wildman–Crippen LogP) is 2.83. The zero-order valence-corrected chi connectivity index (χ0v) is 16.5. The first-order valence-electron chi connectivity index (χ1n) is 8.44. The molecule has 1 saturated heterocycles. The van der Waals surface area contributed by atoms with Crippen molar-refractivity contribution in [3.63, 3.8) is 0 Å². The van der Waals surface area contributed by atoms with Crippen LogP contribution in [0.1, 0.15) is 6.92 Å². The van der Waals surface area contributed by atoms with Crippen molar-refractivity contribution >= 4 is 44.8 Å². The molecular formula is C19H22BrClN3O+. The van der Waals surface area contributed by atoms with Crippen LogP contribution in [0.4, 0.5) is 11.4 Å². The Kier molecular flexibility index (Phi) is 5.99. The maximum absolute atomic E-state index is 12.5. The topological polar surface area (TPSA) is 36.8 Å². The summed E-state index contributed by atoms with van der Waals surface area (Å²) in [4.78, 5) is 16.2. The van der Waals surface area contributed by atoms with Gasteiger partial charge in [0.1, 0.15) is 0 Å². The number of hydrogen-bond donors (Lipinski definition) is 2. The van der Waals surface area contributed by atoms with Crippen molar-refractivity contribution in [2.24, 2.45) is 0 Å². The van der Waals surface area contributed by atoms with Gasteiger partial charge in [0.2, 0.25) is 0 Å². The van der Waals surface area contributed by atoms with E-state index in [-0.39, 0.29) is 11.9 Å². The predicted molar refractivity (Wildman–Crippen MR) is 107 cm³/mol. The van der Waals surface area contributed by atoms with E-state index in [2.05, 4.69) is 32.2 Å². The lowest BCUT2D eigenvalue weighted by Crippen LogP contribution is -3.19. The maximum atomic E-state index is 12.5. The number of piperazine rings is 1. The molecule has 0 saturated carbocycles. The van der Waals surface area contributed by atoms with E-state index in [1.165, 1.54) is 4.90 Å². The van der Waals surface area contributed by atoms with Crippen LogP contribution in [0.25, 0.3) is 0 Å². The zero-order valence-electron chi connectivity index (χ0n) is 14.1. The molecule has 3 rings (SSSR count). The number of carbonyl (C=O) groups excluding carboxylic acids is 1. The largest absolute Gasteiger partial charge is 0.360 e. The van der Waals surface area contributed by atoms with E-state index in [1.807, 2.05) is 49.4 Å². The smallest absolute Gasteiger partial charge is 0.282 e. The first kappa shape index (κ1) is 18.2. The van der Waals surface area contributed by atoms with Crippen molar-refractivity contribution in [3.05, 3.63) is 58.0 Å². The molecule has 2 aromatic carbocycles. The van der Waals surface area contributed by atoms with Gasteiger partial charge >= 0.3 is 0 Å². The Morgan fingerprint density at radius 3 is 2.52 bits per heavy atom. The minimum absolute atomic E-state index is 0.0635. The van der Waals surface area contributed by atoms with Crippen LogP contribution in [-0.2, 0) is 4.79 Å². The number of quaternary nitrogens is 1. The summed E-state index contributed by atoms with van der Waals surface area (Å²) in [6, 6.07) is 15.5. The highest BCUT2D eigenvalue weighted by Gasteiger charge is 2.29. The van der Waals surface area contributed by atoms with Crippen LogP contribution >= 0.6 is 27.5 Å². The summed E-state index contributed by atoms with van der Waals surface area (Å²) in [5.41, 5.74) is 1.98. The summed E-state index contributed by atoms with van der Waals surface area (Å²) in [6.07, 6.45) is 0. The highest BCUT2D eigenvalue weighted by molar-refractivity contribution is 9.10. The molecule has 2 N–H and O–H groups in total. The number of anilines is 2. The van der Waals surface area contributed by atoms with Crippen molar-refractivity contribution in [2.45, 2.75) is 13.0 Å². The lowest BCUT2D eigenvalue weighted by Gasteiger charge is -2.36. The van der Waals surface area contributed by atoms with Gasteiger partial charge in [-0.15, -0.1) is 0 Å².